The van der Waals surface area contributed by atoms with E-state index in [9.17, 15) is 0 Å². The maximum absolute atomic E-state index is 5.59. The highest BCUT2D eigenvalue weighted by Gasteiger charge is 2.26. The lowest BCUT2D eigenvalue weighted by molar-refractivity contribution is 0.0496. The Morgan fingerprint density at radius 3 is 3.00 bits per heavy atom. The number of nitrogens with one attached hydrogen (secondary N) is 1. The van der Waals surface area contributed by atoms with Crippen LogP contribution in [0.4, 0.5) is 5.82 Å². The number of ether oxygens (including phenoxy) is 1. The molecule has 0 saturated carbocycles. The molecule has 1 N–H and O–H groups in total. The second kappa shape index (κ2) is 7.76. The summed E-state index contributed by atoms with van der Waals surface area (Å²) in [7, 11) is 1.81. The van der Waals surface area contributed by atoms with Crippen molar-refractivity contribution in [1.29, 1.82) is 0 Å². The molecule has 0 aromatic carbocycles. The van der Waals surface area contributed by atoms with Gasteiger partial charge in [-0.25, -0.2) is 4.98 Å². The molecule has 2 atom stereocenters. The molecule has 0 aliphatic carbocycles. The molecule has 21 heavy (non-hydrogen) atoms. The Kier molecular flexibility index (Phi) is 6.00. The van der Waals surface area contributed by atoms with Gasteiger partial charge in [-0.1, -0.05) is 20.8 Å². The molecule has 1 saturated heterocycles. The molecule has 0 radical (unpaired) electrons. The van der Waals surface area contributed by atoms with Crippen molar-refractivity contribution in [2.45, 2.75) is 39.8 Å². The normalized spacial score (nSPS) is 22.8. The fraction of sp³-hybridized carbons (Fsp3) is 0.706. The molecular weight excluding hydrogens is 262 g/mol. The van der Waals surface area contributed by atoms with Crippen molar-refractivity contribution >= 4 is 5.82 Å². The van der Waals surface area contributed by atoms with Gasteiger partial charge in [0.2, 0.25) is 0 Å². The van der Waals surface area contributed by atoms with E-state index in [1.165, 1.54) is 5.56 Å². The van der Waals surface area contributed by atoms with E-state index in [2.05, 4.69) is 48.1 Å². The van der Waals surface area contributed by atoms with Gasteiger partial charge in [0, 0.05) is 32.9 Å². The smallest absolute Gasteiger partial charge is 0.128 e. The standard InChI is InChI=1S/C17H29N3O/c1-13(2)10-18-11-15-5-7-19-17(9-15)20-8-6-14(3)16(12-20)21-4/h5,7,9,13-14,16,18H,6,8,10-12H2,1-4H3. The predicted molar refractivity (Wildman–Crippen MR) is 87.6 cm³/mol. The Bertz CT molecular complexity index is 436. The highest BCUT2D eigenvalue weighted by molar-refractivity contribution is 5.41. The zero-order chi connectivity index (χ0) is 15.2. The summed E-state index contributed by atoms with van der Waals surface area (Å²) in [5, 5.41) is 3.49. The fourth-order valence-corrected chi connectivity index (χ4v) is 2.80. The van der Waals surface area contributed by atoms with Crippen LogP contribution in [0.1, 0.15) is 32.8 Å². The van der Waals surface area contributed by atoms with Crippen molar-refractivity contribution in [1.82, 2.24) is 10.3 Å². The number of anilines is 1. The first-order valence-electron chi connectivity index (χ1n) is 8.03. The first-order chi connectivity index (χ1) is 10.1. The van der Waals surface area contributed by atoms with E-state index in [0.717, 1.165) is 38.4 Å². The van der Waals surface area contributed by atoms with Crippen molar-refractivity contribution in [2.75, 3.05) is 31.6 Å². The summed E-state index contributed by atoms with van der Waals surface area (Å²) in [4.78, 5) is 6.89. The van der Waals surface area contributed by atoms with Crippen molar-refractivity contribution in [3.8, 4) is 0 Å². The molecule has 1 fully saturated rings. The lowest BCUT2D eigenvalue weighted by Gasteiger charge is -2.37. The Labute approximate surface area is 128 Å². The average Bonchev–Trinajstić information content (AvgIpc) is 2.47. The van der Waals surface area contributed by atoms with Crippen LogP contribution in [-0.4, -0.2) is 37.8 Å². The summed E-state index contributed by atoms with van der Waals surface area (Å²) in [6.07, 6.45) is 3.39. The van der Waals surface area contributed by atoms with E-state index in [4.69, 9.17) is 4.74 Å². The van der Waals surface area contributed by atoms with Crippen LogP contribution in [0, 0.1) is 11.8 Å². The molecule has 118 valence electrons. The van der Waals surface area contributed by atoms with Crippen molar-refractivity contribution in [3.63, 3.8) is 0 Å². The third-order valence-corrected chi connectivity index (χ3v) is 4.21. The van der Waals surface area contributed by atoms with E-state index < -0.39 is 0 Å². The van der Waals surface area contributed by atoms with E-state index in [0.29, 0.717) is 17.9 Å². The van der Waals surface area contributed by atoms with Crippen LogP contribution in [0.5, 0.6) is 0 Å². The summed E-state index contributed by atoms with van der Waals surface area (Å²) < 4.78 is 5.59. The van der Waals surface area contributed by atoms with E-state index >= 15 is 0 Å². The highest BCUT2D eigenvalue weighted by atomic mass is 16.5. The second-order valence-corrected chi connectivity index (χ2v) is 6.53. The number of nitrogens with zero attached hydrogens (tertiary/aromatic N) is 2. The molecule has 2 heterocycles. The lowest BCUT2D eigenvalue weighted by atomic mass is 9.96. The fourth-order valence-electron chi connectivity index (χ4n) is 2.80. The van der Waals surface area contributed by atoms with Gasteiger partial charge in [-0.3, -0.25) is 0 Å². The molecule has 4 heteroatoms. The van der Waals surface area contributed by atoms with Gasteiger partial charge in [0.15, 0.2) is 0 Å². The van der Waals surface area contributed by atoms with E-state index in [1.54, 1.807) is 0 Å². The number of hydrogen-bond acceptors (Lipinski definition) is 4. The molecule has 1 aliphatic rings. The second-order valence-electron chi connectivity index (χ2n) is 6.53. The topological polar surface area (TPSA) is 37.4 Å². The third-order valence-electron chi connectivity index (χ3n) is 4.21. The summed E-state index contributed by atoms with van der Waals surface area (Å²) >= 11 is 0. The van der Waals surface area contributed by atoms with Crippen LogP contribution in [0.2, 0.25) is 0 Å². The Hall–Kier alpha value is -1.13. The molecule has 1 aliphatic heterocycles. The van der Waals surface area contributed by atoms with Crippen molar-refractivity contribution in [3.05, 3.63) is 23.9 Å². The van der Waals surface area contributed by atoms with Gasteiger partial charge in [0.05, 0.1) is 6.10 Å². The monoisotopic (exact) mass is 291 g/mol. The Morgan fingerprint density at radius 2 is 2.29 bits per heavy atom. The molecule has 4 nitrogen and oxygen atoms in total. The van der Waals surface area contributed by atoms with Crippen LogP contribution in [0.3, 0.4) is 0 Å². The molecule has 1 aromatic rings. The van der Waals surface area contributed by atoms with Gasteiger partial charge in [0.25, 0.3) is 0 Å². The van der Waals surface area contributed by atoms with Crippen LogP contribution in [-0.2, 0) is 11.3 Å². The number of aromatic nitrogens is 1. The predicted octanol–water partition coefficient (Wildman–Crippen LogP) is 2.69. The average molecular weight is 291 g/mol. The summed E-state index contributed by atoms with van der Waals surface area (Å²) in [5.41, 5.74) is 1.30. The first-order valence-corrected chi connectivity index (χ1v) is 8.03. The molecular formula is C17H29N3O. The number of pyridine rings is 1. The van der Waals surface area contributed by atoms with Gasteiger partial charge in [-0.2, -0.15) is 0 Å². The van der Waals surface area contributed by atoms with Gasteiger partial charge < -0.3 is 15.0 Å². The minimum Gasteiger partial charge on any atom is -0.379 e. The number of hydrogen-bond donors (Lipinski definition) is 1. The van der Waals surface area contributed by atoms with Crippen molar-refractivity contribution < 1.29 is 4.74 Å². The summed E-state index contributed by atoms with van der Waals surface area (Å²) in [6.45, 7) is 10.7. The SMILES string of the molecule is COC1CN(c2cc(CNCC(C)C)ccn2)CCC1C. The number of piperidine rings is 1. The maximum Gasteiger partial charge on any atom is 0.128 e. The molecule has 2 rings (SSSR count). The van der Waals surface area contributed by atoms with E-state index in [1.807, 2.05) is 13.3 Å². The Morgan fingerprint density at radius 1 is 1.48 bits per heavy atom. The summed E-state index contributed by atoms with van der Waals surface area (Å²) in [5.74, 6) is 2.38. The zero-order valence-electron chi connectivity index (χ0n) is 13.8. The molecule has 0 amide bonds. The quantitative estimate of drug-likeness (QED) is 0.874. The van der Waals surface area contributed by atoms with Gasteiger partial charge in [-0.05, 0) is 42.5 Å². The van der Waals surface area contributed by atoms with Crippen LogP contribution >= 0.6 is 0 Å². The largest absolute Gasteiger partial charge is 0.379 e. The molecule has 0 spiro atoms. The van der Waals surface area contributed by atoms with Crippen LogP contribution in [0.25, 0.3) is 0 Å². The van der Waals surface area contributed by atoms with E-state index in [-0.39, 0.29) is 0 Å². The van der Waals surface area contributed by atoms with Crippen molar-refractivity contribution in [2.24, 2.45) is 11.8 Å². The number of rotatable bonds is 6. The Balaban J connectivity index is 1.97. The van der Waals surface area contributed by atoms with Gasteiger partial charge >= 0.3 is 0 Å². The lowest BCUT2D eigenvalue weighted by Crippen LogP contribution is -2.44. The highest BCUT2D eigenvalue weighted by Crippen LogP contribution is 2.23. The maximum atomic E-state index is 5.59. The molecule has 2 unspecified atom stereocenters. The summed E-state index contributed by atoms with van der Waals surface area (Å²) in [6, 6.07) is 4.30. The minimum atomic E-state index is 0.309. The van der Waals surface area contributed by atoms with Crippen LogP contribution < -0.4 is 10.2 Å². The van der Waals surface area contributed by atoms with Gasteiger partial charge in [-0.15, -0.1) is 0 Å². The first kappa shape index (κ1) is 16.2. The number of methoxy groups -OCH3 is 1. The zero-order valence-corrected chi connectivity index (χ0v) is 13.8. The molecule has 0 bridgehead atoms. The van der Waals surface area contributed by atoms with Gasteiger partial charge in [0.1, 0.15) is 5.82 Å². The van der Waals surface area contributed by atoms with Crippen LogP contribution in [0.15, 0.2) is 18.3 Å². The third kappa shape index (κ3) is 4.68. The minimum absolute atomic E-state index is 0.309. The molecule has 1 aromatic heterocycles.